The first-order valence-corrected chi connectivity index (χ1v) is 10.9. The van der Waals surface area contributed by atoms with Gasteiger partial charge >= 0.3 is 0 Å². The normalized spacial score (nSPS) is 12.2. The summed E-state index contributed by atoms with van der Waals surface area (Å²) in [5, 5.41) is 1.50. The third kappa shape index (κ3) is 4.63. The average Bonchev–Trinajstić information content (AvgIpc) is 2.94. The van der Waals surface area contributed by atoms with Crippen molar-refractivity contribution in [1.82, 2.24) is 14.3 Å². The Hall–Kier alpha value is -1.60. The zero-order valence-electron chi connectivity index (χ0n) is 15.1. The van der Waals surface area contributed by atoms with Crippen LogP contribution in [0.5, 0.6) is 0 Å². The smallest absolute Gasteiger partial charge is 0.242 e. The maximum Gasteiger partial charge on any atom is 0.242 e. The summed E-state index contributed by atoms with van der Waals surface area (Å²) in [4.78, 5) is 4.46. The van der Waals surface area contributed by atoms with Gasteiger partial charge in [-0.15, -0.1) is 0 Å². The van der Waals surface area contributed by atoms with Crippen molar-refractivity contribution in [2.75, 3.05) is 6.54 Å². The number of nitrogens with zero attached hydrogens (tertiary/aromatic N) is 2. The molecule has 0 radical (unpaired) electrons. The highest BCUT2D eigenvalue weighted by atomic mass is 35.5. The van der Waals surface area contributed by atoms with Gasteiger partial charge in [-0.1, -0.05) is 37.0 Å². The highest BCUT2D eigenvalue weighted by Crippen LogP contribution is 2.25. The summed E-state index contributed by atoms with van der Waals surface area (Å²) in [7, 11) is -3.74. The quantitative estimate of drug-likeness (QED) is 0.604. The molecule has 1 aromatic carbocycles. The van der Waals surface area contributed by atoms with Gasteiger partial charge in [-0.25, -0.2) is 18.1 Å². The predicted molar refractivity (Wildman–Crippen MR) is 110 cm³/mol. The minimum Gasteiger partial charge on any atom is -0.332 e. The van der Waals surface area contributed by atoms with E-state index in [9.17, 15) is 8.42 Å². The fourth-order valence-electron chi connectivity index (χ4n) is 3.01. The topological polar surface area (TPSA) is 64.0 Å². The molecule has 0 saturated carbocycles. The minimum atomic E-state index is -3.74. The highest BCUT2D eigenvalue weighted by Gasteiger charge is 2.18. The van der Waals surface area contributed by atoms with Crippen LogP contribution < -0.4 is 4.72 Å². The maximum absolute atomic E-state index is 12.5. The van der Waals surface area contributed by atoms with E-state index in [1.54, 1.807) is 12.3 Å². The van der Waals surface area contributed by atoms with Gasteiger partial charge in [0.15, 0.2) is 0 Å². The summed E-state index contributed by atoms with van der Waals surface area (Å²) in [6.45, 7) is 5.41. The number of pyridine rings is 1. The molecule has 0 aliphatic rings. The lowest BCUT2D eigenvalue weighted by atomic mass is 10.2. The maximum atomic E-state index is 12.5. The van der Waals surface area contributed by atoms with Gasteiger partial charge in [-0.05, 0) is 48.2 Å². The molecule has 144 valence electrons. The lowest BCUT2D eigenvalue weighted by Crippen LogP contribution is -2.26. The van der Waals surface area contributed by atoms with Gasteiger partial charge in [0, 0.05) is 35.9 Å². The van der Waals surface area contributed by atoms with Crippen molar-refractivity contribution in [3.63, 3.8) is 0 Å². The van der Waals surface area contributed by atoms with Crippen LogP contribution in [-0.4, -0.2) is 24.5 Å². The van der Waals surface area contributed by atoms with Crippen molar-refractivity contribution in [2.45, 2.75) is 31.7 Å². The van der Waals surface area contributed by atoms with Crippen molar-refractivity contribution >= 4 is 44.3 Å². The number of hydrogen-bond donors (Lipinski definition) is 1. The van der Waals surface area contributed by atoms with Gasteiger partial charge in [-0.3, -0.25) is 0 Å². The third-order valence-corrected chi connectivity index (χ3v) is 6.33. The second-order valence-corrected chi connectivity index (χ2v) is 9.38. The summed E-state index contributed by atoms with van der Waals surface area (Å²) < 4.78 is 29.8. The molecule has 5 nitrogen and oxygen atoms in total. The van der Waals surface area contributed by atoms with Gasteiger partial charge in [0.2, 0.25) is 10.0 Å². The van der Waals surface area contributed by atoms with Gasteiger partial charge in [-0.2, -0.15) is 0 Å². The summed E-state index contributed by atoms with van der Waals surface area (Å²) in [5.74, 6) is 0.485. The lowest BCUT2D eigenvalue weighted by molar-refractivity contribution is 0.532. The Kier molecular flexibility index (Phi) is 6.11. The van der Waals surface area contributed by atoms with Crippen LogP contribution in [0, 0.1) is 5.92 Å². The van der Waals surface area contributed by atoms with E-state index >= 15 is 0 Å². The molecule has 0 aliphatic heterocycles. The van der Waals surface area contributed by atoms with Crippen LogP contribution in [0.1, 0.15) is 19.4 Å². The number of halogens is 2. The first-order chi connectivity index (χ1) is 12.8. The van der Waals surface area contributed by atoms with Gasteiger partial charge < -0.3 is 4.57 Å². The number of aromatic nitrogens is 2. The van der Waals surface area contributed by atoms with E-state index in [0.717, 1.165) is 23.1 Å². The molecule has 0 bridgehead atoms. The Morgan fingerprint density at radius 2 is 2.00 bits per heavy atom. The second kappa shape index (κ2) is 8.19. The Morgan fingerprint density at radius 3 is 2.74 bits per heavy atom. The van der Waals surface area contributed by atoms with Crippen LogP contribution in [0.3, 0.4) is 0 Å². The standard InChI is InChI=1S/C19H21Cl2N3O2S/c1-13(2)11-24-12-14(16-4-3-8-22-19(16)24)7-9-23-27(25,26)18-10-15(20)5-6-17(18)21/h3-6,8,10,12-13,23H,7,9,11H2,1-2H3. The van der Waals surface area contributed by atoms with Crippen LogP contribution in [0.2, 0.25) is 10.0 Å². The number of rotatable bonds is 7. The molecule has 27 heavy (non-hydrogen) atoms. The highest BCUT2D eigenvalue weighted by molar-refractivity contribution is 7.89. The molecule has 0 unspecified atom stereocenters. The third-order valence-electron chi connectivity index (χ3n) is 4.15. The first-order valence-electron chi connectivity index (χ1n) is 8.65. The van der Waals surface area contributed by atoms with Crippen LogP contribution >= 0.6 is 23.2 Å². The summed E-state index contributed by atoms with van der Waals surface area (Å²) in [6, 6.07) is 8.28. The Balaban J connectivity index is 1.78. The summed E-state index contributed by atoms with van der Waals surface area (Å²) in [6.07, 6.45) is 4.37. The fourth-order valence-corrected chi connectivity index (χ4v) is 4.80. The Labute approximate surface area is 169 Å². The fraction of sp³-hybridized carbons (Fsp3) is 0.316. The zero-order chi connectivity index (χ0) is 19.6. The molecule has 0 atom stereocenters. The minimum absolute atomic E-state index is 0.0134. The number of benzene rings is 1. The zero-order valence-corrected chi connectivity index (χ0v) is 17.4. The van der Waals surface area contributed by atoms with Crippen LogP contribution in [0.15, 0.2) is 47.6 Å². The van der Waals surface area contributed by atoms with Gasteiger partial charge in [0.05, 0.1) is 5.02 Å². The van der Waals surface area contributed by atoms with Crippen molar-refractivity contribution in [3.8, 4) is 0 Å². The van der Waals surface area contributed by atoms with E-state index in [1.165, 1.54) is 12.1 Å². The first kappa shape index (κ1) is 20.1. The molecule has 0 saturated heterocycles. The van der Waals surface area contributed by atoms with Crippen molar-refractivity contribution < 1.29 is 8.42 Å². The van der Waals surface area contributed by atoms with E-state index in [4.69, 9.17) is 23.2 Å². The molecular formula is C19H21Cl2N3O2S. The monoisotopic (exact) mass is 425 g/mol. The van der Waals surface area contributed by atoms with Crippen LogP contribution in [0.4, 0.5) is 0 Å². The number of fused-ring (bicyclic) bond motifs is 1. The molecule has 3 aromatic rings. The van der Waals surface area contributed by atoms with E-state index in [0.29, 0.717) is 17.4 Å². The van der Waals surface area contributed by atoms with Crippen molar-refractivity contribution in [2.24, 2.45) is 5.92 Å². The predicted octanol–water partition coefficient (Wildman–Crippen LogP) is 4.52. The van der Waals surface area contributed by atoms with E-state index in [2.05, 4.69) is 34.3 Å². The van der Waals surface area contributed by atoms with Crippen molar-refractivity contribution in [3.05, 3.63) is 58.3 Å². The SMILES string of the molecule is CC(C)Cn1cc(CCNS(=O)(=O)c2cc(Cl)ccc2Cl)c2cccnc21. The average molecular weight is 426 g/mol. The lowest BCUT2D eigenvalue weighted by Gasteiger charge is -2.08. The molecule has 0 spiro atoms. The van der Waals surface area contributed by atoms with Gasteiger partial charge in [0.1, 0.15) is 10.5 Å². The molecule has 0 amide bonds. The Morgan fingerprint density at radius 1 is 1.22 bits per heavy atom. The van der Waals surface area contributed by atoms with Crippen LogP contribution in [0.25, 0.3) is 11.0 Å². The largest absolute Gasteiger partial charge is 0.332 e. The van der Waals surface area contributed by atoms with Crippen LogP contribution in [-0.2, 0) is 23.0 Å². The van der Waals surface area contributed by atoms with Gasteiger partial charge in [0.25, 0.3) is 0 Å². The summed E-state index contributed by atoms with van der Waals surface area (Å²) in [5.41, 5.74) is 1.97. The van der Waals surface area contributed by atoms with E-state index < -0.39 is 10.0 Å². The molecule has 3 rings (SSSR count). The number of nitrogens with one attached hydrogen (secondary N) is 1. The van der Waals surface area contributed by atoms with E-state index in [-0.39, 0.29) is 16.5 Å². The molecule has 0 fully saturated rings. The number of hydrogen-bond acceptors (Lipinski definition) is 3. The summed E-state index contributed by atoms with van der Waals surface area (Å²) >= 11 is 11.9. The Bertz CT molecular complexity index is 1060. The molecular weight excluding hydrogens is 405 g/mol. The molecule has 0 aliphatic carbocycles. The van der Waals surface area contributed by atoms with Crippen molar-refractivity contribution in [1.29, 1.82) is 0 Å². The molecule has 8 heteroatoms. The molecule has 2 heterocycles. The molecule has 1 N–H and O–H groups in total. The second-order valence-electron chi connectivity index (χ2n) is 6.80. The van der Waals surface area contributed by atoms with E-state index in [1.807, 2.05) is 12.1 Å². The molecule has 2 aromatic heterocycles. The number of sulfonamides is 1.